The molecule has 0 saturated carbocycles. The summed E-state index contributed by atoms with van der Waals surface area (Å²) in [5.41, 5.74) is 0.803. The Morgan fingerprint density at radius 2 is 1.87 bits per heavy atom. The number of aromatic nitrogens is 4. The quantitative estimate of drug-likeness (QED) is 0.537. The number of nitrogens with one attached hydrogen (secondary N) is 1. The SMILES string of the molecule is CC(C)C[C@H](C(=O)NCc1ccc(-n2cncn2)nc1)N1C(=O)[C@H]2CC=CC[C@H]2C1=O. The fourth-order valence-corrected chi connectivity index (χ4v) is 4.20. The maximum atomic E-state index is 13.1. The van der Waals surface area contributed by atoms with Crippen molar-refractivity contribution in [2.75, 3.05) is 0 Å². The zero-order valence-corrected chi connectivity index (χ0v) is 17.6. The highest BCUT2D eigenvalue weighted by Gasteiger charge is 2.51. The Kier molecular flexibility index (Phi) is 5.92. The third-order valence-corrected chi connectivity index (χ3v) is 5.78. The van der Waals surface area contributed by atoms with Gasteiger partial charge in [-0.2, -0.15) is 5.10 Å². The number of carbonyl (C=O) groups excluding carboxylic acids is 3. The Bertz CT molecular complexity index is 957. The summed E-state index contributed by atoms with van der Waals surface area (Å²) in [7, 11) is 0. The summed E-state index contributed by atoms with van der Waals surface area (Å²) < 4.78 is 1.54. The average Bonchev–Trinajstić information content (AvgIpc) is 3.39. The normalized spacial score (nSPS) is 21.5. The number of hydrogen-bond donors (Lipinski definition) is 1. The van der Waals surface area contributed by atoms with Crippen LogP contribution in [0.5, 0.6) is 0 Å². The number of amides is 3. The van der Waals surface area contributed by atoms with Crippen LogP contribution >= 0.6 is 0 Å². The molecule has 2 aliphatic rings. The van der Waals surface area contributed by atoms with Gasteiger partial charge in [0.1, 0.15) is 18.7 Å². The van der Waals surface area contributed by atoms with Crippen molar-refractivity contribution in [2.45, 2.75) is 45.7 Å². The number of carbonyl (C=O) groups is 3. The Hall–Kier alpha value is -3.36. The van der Waals surface area contributed by atoms with E-state index in [1.165, 1.54) is 11.2 Å². The lowest BCUT2D eigenvalue weighted by molar-refractivity contribution is -0.148. The van der Waals surface area contributed by atoms with Crippen LogP contribution < -0.4 is 5.32 Å². The molecule has 9 heteroatoms. The van der Waals surface area contributed by atoms with E-state index in [1.807, 2.05) is 32.1 Å². The molecule has 4 rings (SSSR count). The summed E-state index contributed by atoms with van der Waals surface area (Å²) in [5, 5.41) is 6.91. The molecule has 0 aromatic carbocycles. The zero-order valence-electron chi connectivity index (χ0n) is 17.6. The molecule has 1 N–H and O–H groups in total. The van der Waals surface area contributed by atoms with Crippen LogP contribution in [0.4, 0.5) is 0 Å². The fraction of sp³-hybridized carbons (Fsp3) is 0.455. The highest BCUT2D eigenvalue weighted by molar-refractivity contribution is 6.08. The first-order chi connectivity index (χ1) is 15.0. The van der Waals surface area contributed by atoms with Crippen LogP contribution in [0.3, 0.4) is 0 Å². The minimum Gasteiger partial charge on any atom is -0.350 e. The second-order valence-corrected chi connectivity index (χ2v) is 8.43. The summed E-state index contributed by atoms with van der Waals surface area (Å²) in [6, 6.07) is 2.83. The van der Waals surface area contributed by atoms with Gasteiger partial charge in [0.05, 0.1) is 11.8 Å². The number of allylic oxidation sites excluding steroid dienone is 2. The third-order valence-electron chi connectivity index (χ3n) is 5.78. The van der Waals surface area contributed by atoms with Crippen molar-refractivity contribution in [3.05, 3.63) is 48.7 Å². The van der Waals surface area contributed by atoms with E-state index in [-0.39, 0.29) is 42.0 Å². The van der Waals surface area contributed by atoms with Crippen molar-refractivity contribution in [1.29, 1.82) is 0 Å². The first kappa shape index (κ1) is 20.9. The molecule has 1 fully saturated rings. The minimum atomic E-state index is -0.798. The molecule has 2 aromatic heterocycles. The molecule has 162 valence electrons. The molecule has 0 unspecified atom stereocenters. The predicted octanol–water partition coefficient (Wildman–Crippen LogP) is 1.64. The van der Waals surface area contributed by atoms with E-state index in [1.54, 1.807) is 23.3 Å². The lowest BCUT2D eigenvalue weighted by Crippen LogP contribution is -2.50. The third kappa shape index (κ3) is 4.26. The molecule has 2 aromatic rings. The van der Waals surface area contributed by atoms with Gasteiger partial charge in [0, 0.05) is 12.7 Å². The van der Waals surface area contributed by atoms with E-state index >= 15 is 0 Å². The molecule has 1 aliphatic carbocycles. The van der Waals surface area contributed by atoms with Crippen molar-refractivity contribution >= 4 is 17.7 Å². The number of fused-ring (bicyclic) bond motifs is 1. The average molecular weight is 422 g/mol. The number of pyridine rings is 1. The Morgan fingerprint density at radius 3 is 2.42 bits per heavy atom. The molecule has 31 heavy (non-hydrogen) atoms. The fourth-order valence-electron chi connectivity index (χ4n) is 4.20. The standard InChI is InChI=1S/C22H26N6O3/c1-14(2)9-18(28-21(30)16-5-3-4-6-17(16)22(28)31)20(29)25-11-15-7-8-19(24-10-15)27-13-23-12-26-27/h3-4,7-8,10,12-14,16-18H,5-6,9,11H2,1-2H3,(H,25,29)/t16-,17+,18-/m1/s1. The van der Waals surface area contributed by atoms with Gasteiger partial charge in [-0.05, 0) is 36.8 Å². The summed E-state index contributed by atoms with van der Waals surface area (Å²) in [4.78, 5) is 48.5. The van der Waals surface area contributed by atoms with E-state index in [4.69, 9.17) is 0 Å². The van der Waals surface area contributed by atoms with Crippen molar-refractivity contribution in [1.82, 2.24) is 30.0 Å². The molecule has 3 atom stereocenters. The van der Waals surface area contributed by atoms with Gasteiger partial charge in [-0.1, -0.05) is 32.1 Å². The molecule has 0 spiro atoms. The van der Waals surface area contributed by atoms with Crippen LogP contribution in [0, 0.1) is 17.8 Å². The van der Waals surface area contributed by atoms with Gasteiger partial charge in [0.15, 0.2) is 5.82 Å². The Morgan fingerprint density at radius 1 is 1.16 bits per heavy atom. The second-order valence-electron chi connectivity index (χ2n) is 8.43. The molecular formula is C22H26N6O3. The lowest BCUT2D eigenvalue weighted by Gasteiger charge is -2.27. The van der Waals surface area contributed by atoms with Crippen LogP contribution in [0.25, 0.3) is 5.82 Å². The van der Waals surface area contributed by atoms with Crippen molar-refractivity contribution < 1.29 is 14.4 Å². The maximum Gasteiger partial charge on any atom is 0.243 e. The smallest absolute Gasteiger partial charge is 0.243 e. The molecule has 0 bridgehead atoms. The molecule has 3 heterocycles. The summed E-state index contributed by atoms with van der Waals surface area (Å²) in [6.07, 6.45) is 10.1. The van der Waals surface area contributed by atoms with Gasteiger partial charge in [0.2, 0.25) is 17.7 Å². The topological polar surface area (TPSA) is 110 Å². The molecular weight excluding hydrogens is 396 g/mol. The van der Waals surface area contributed by atoms with Crippen LogP contribution in [0.2, 0.25) is 0 Å². The molecule has 3 amide bonds. The highest BCUT2D eigenvalue weighted by Crippen LogP contribution is 2.37. The Labute approximate surface area is 180 Å². The van der Waals surface area contributed by atoms with Crippen LogP contribution in [-0.4, -0.2) is 48.4 Å². The summed E-state index contributed by atoms with van der Waals surface area (Å²) in [6.45, 7) is 4.21. The van der Waals surface area contributed by atoms with Gasteiger partial charge in [-0.25, -0.2) is 14.6 Å². The first-order valence-corrected chi connectivity index (χ1v) is 10.5. The molecule has 9 nitrogen and oxygen atoms in total. The lowest BCUT2D eigenvalue weighted by atomic mass is 9.85. The van der Waals surface area contributed by atoms with Crippen LogP contribution in [0.15, 0.2) is 43.1 Å². The number of imide groups is 1. The van der Waals surface area contributed by atoms with E-state index in [0.717, 1.165) is 5.56 Å². The zero-order chi connectivity index (χ0) is 22.0. The molecule has 0 radical (unpaired) electrons. The van der Waals surface area contributed by atoms with Gasteiger partial charge in [-0.15, -0.1) is 0 Å². The van der Waals surface area contributed by atoms with E-state index < -0.39 is 6.04 Å². The van der Waals surface area contributed by atoms with E-state index in [9.17, 15) is 14.4 Å². The van der Waals surface area contributed by atoms with Gasteiger partial charge in [0.25, 0.3) is 0 Å². The van der Waals surface area contributed by atoms with Gasteiger partial charge >= 0.3 is 0 Å². The van der Waals surface area contributed by atoms with Gasteiger partial charge in [-0.3, -0.25) is 19.3 Å². The van der Waals surface area contributed by atoms with E-state index in [2.05, 4.69) is 20.4 Å². The van der Waals surface area contributed by atoms with Crippen LogP contribution in [-0.2, 0) is 20.9 Å². The van der Waals surface area contributed by atoms with Gasteiger partial charge < -0.3 is 5.32 Å². The number of likely N-dealkylation sites (tertiary alicyclic amines) is 1. The second kappa shape index (κ2) is 8.79. The minimum absolute atomic E-state index is 0.153. The Balaban J connectivity index is 1.45. The summed E-state index contributed by atoms with van der Waals surface area (Å²) >= 11 is 0. The summed E-state index contributed by atoms with van der Waals surface area (Å²) in [5.74, 6) is -0.669. The number of rotatable bonds is 7. The maximum absolute atomic E-state index is 13.1. The van der Waals surface area contributed by atoms with Crippen LogP contribution in [0.1, 0.15) is 38.7 Å². The van der Waals surface area contributed by atoms with Crippen molar-refractivity contribution in [3.8, 4) is 5.82 Å². The van der Waals surface area contributed by atoms with E-state index in [0.29, 0.717) is 25.1 Å². The van der Waals surface area contributed by atoms with Crippen molar-refractivity contribution in [2.24, 2.45) is 17.8 Å². The largest absolute Gasteiger partial charge is 0.350 e. The molecule has 1 aliphatic heterocycles. The highest BCUT2D eigenvalue weighted by atomic mass is 16.2. The number of nitrogens with zero attached hydrogens (tertiary/aromatic N) is 5. The molecule has 1 saturated heterocycles. The predicted molar refractivity (Wildman–Crippen MR) is 111 cm³/mol. The number of hydrogen-bond acceptors (Lipinski definition) is 6. The monoisotopic (exact) mass is 422 g/mol. The van der Waals surface area contributed by atoms with Crippen molar-refractivity contribution in [3.63, 3.8) is 0 Å². The first-order valence-electron chi connectivity index (χ1n) is 10.5.